The van der Waals surface area contributed by atoms with Gasteiger partial charge in [0.05, 0.1) is 0 Å². The van der Waals surface area contributed by atoms with E-state index >= 15 is 0 Å². The Morgan fingerprint density at radius 1 is 1.00 bits per heavy atom. The van der Waals surface area contributed by atoms with E-state index in [1.807, 2.05) is 36.4 Å². The average Bonchev–Trinajstić information content (AvgIpc) is 2.57. The lowest BCUT2D eigenvalue weighted by molar-refractivity contribution is 0.317. The van der Waals surface area contributed by atoms with E-state index < -0.39 is 0 Å². The van der Waals surface area contributed by atoms with Gasteiger partial charge in [0, 0.05) is 35.8 Å². The summed E-state index contributed by atoms with van der Waals surface area (Å²) in [5, 5.41) is 16.9. The van der Waals surface area contributed by atoms with Gasteiger partial charge < -0.3 is 10.5 Å². The number of nitrogens with zero attached hydrogens (tertiary/aromatic N) is 2. The van der Waals surface area contributed by atoms with Crippen LogP contribution in [0.25, 0.3) is 0 Å². The molecule has 0 bridgehead atoms. The first kappa shape index (κ1) is 17.5. The fourth-order valence-electron chi connectivity index (χ4n) is 1.87. The predicted octanol–water partition coefficient (Wildman–Crippen LogP) is 4.38. The number of aliphatic imine (C=N–C) groups is 1. The van der Waals surface area contributed by atoms with Crippen molar-refractivity contribution in [3.05, 3.63) is 69.7 Å². The molecule has 0 amide bonds. The zero-order valence-corrected chi connectivity index (χ0v) is 13.9. The van der Waals surface area contributed by atoms with Crippen molar-refractivity contribution in [3.63, 3.8) is 0 Å². The first-order chi connectivity index (χ1) is 11.2. The summed E-state index contributed by atoms with van der Waals surface area (Å²) in [4.78, 5) is 4.17. The maximum absolute atomic E-state index is 9.01. The van der Waals surface area contributed by atoms with Gasteiger partial charge in [-0.05, 0) is 35.4 Å². The lowest BCUT2D eigenvalue weighted by Gasteiger charge is -2.04. The van der Waals surface area contributed by atoms with Gasteiger partial charge in [-0.15, -0.1) is 0 Å². The Morgan fingerprint density at radius 3 is 2.22 bits per heavy atom. The van der Waals surface area contributed by atoms with E-state index in [0.29, 0.717) is 23.8 Å². The van der Waals surface area contributed by atoms with Crippen LogP contribution in [0.1, 0.15) is 17.5 Å². The number of nitrogens with one attached hydrogen (secondary N) is 1. The van der Waals surface area contributed by atoms with Gasteiger partial charge in [-0.3, -0.25) is 0 Å². The zero-order valence-electron chi connectivity index (χ0n) is 12.4. The van der Waals surface area contributed by atoms with Crippen LogP contribution in [0.5, 0.6) is 0 Å². The van der Waals surface area contributed by atoms with Crippen molar-refractivity contribution < 1.29 is 5.21 Å². The van der Waals surface area contributed by atoms with Gasteiger partial charge in [0.1, 0.15) is 0 Å². The van der Waals surface area contributed by atoms with Gasteiger partial charge in [0.25, 0.3) is 0 Å². The minimum atomic E-state index is 0.364. The Kier molecular flexibility index (Phi) is 7.07. The van der Waals surface area contributed by atoms with Crippen LogP contribution in [0.4, 0.5) is 0 Å². The van der Waals surface area contributed by atoms with Crippen LogP contribution in [0.2, 0.25) is 10.0 Å². The number of hydrogen-bond acceptors (Lipinski definition) is 3. The van der Waals surface area contributed by atoms with Gasteiger partial charge >= 0.3 is 0 Å². The van der Waals surface area contributed by atoms with Crippen LogP contribution in [0, 0.1) is 0 Å². The van der Waals surface area contributed by atoms with Gasteiger partial charge in [0.2, 0.25) is 0 Å². The summed E-state index contributed by atoms with van der Waals surface area (Å²) in [6.07, 6.45) is 2.17. The topological polar surface area (TPSA) is 57.0 Å². The maximum Gasteiger partial charge on any atom is 0.168 e. The van der Waals surface area contributed by atoms with Crippen LogP contribution in [0.3, 0.4) is 0 Å². The number of amidine groups is 1. The van der Waals surface area contributed by atoms with Crippen LogP contribution in [0.15, 0.2) is 58.7 Å². The molecule has 2 N–H and O–H groups in total. The molecule has 23 heavy (non-hydrogen) atoms. The molecule has 0 heterocycles. The van der Waals surface area contributed by atoms with Crippen LogP contribution >= 0.6 is 23.2 Å². The lowest BCUT2D eigenvalue weighted by Crippen LogP contribution is -2.17. The number of oxime groups is 1. The molecule has 0 atom stereocenters. The van der Waals surface area contributed by atoms with E-state index in [9.17, 15) is 0 Å². The van der Waals surface area contributed by atoms with E-state index in [4.69, 9.17) is 28.4 Å². The quantitative estimate of drug-likeness (QED) is 0.267. The molecule has 0 saturated carbocycles. The van der Waals surface area contributed by atoms with Gasteiger partial charge in [-0.1, -0.05) is 52.6 Å². The van der Waals surface area contributed by atoms with Crippen molar-refractivity contribution in [2.45, 2.75) is 13.0 Å². The van der Waals surface area contributed by atoms with Gasteiger partial charge in [0.15, 0.2) is 5.84 Å². The summed E-state index contributed by atoms with van der Waals surface area (Å²) in [5.41, 5.74) is 2.03. The summed E-state index contributed by atoms with van der Waals surface area (Å²) < 4.78 is 0. The standard InChI is InChI=1S/C17H17Cl2N3O/c18-15-5-1-13(2-6-15)11-20-10-9-17(22-23)21-12-14-3-7-16(19)8-4-14/h1-8,12,20,23H,9-11H2/b21-12?,22-17-. The number of rotatable bonds is 6. The minimum absolute atomic E-state index is 0.364. The minimum Gasteiger partial charge on any atom is -0.409 e. The first-order valence-electron chi connectivity index (χ1n) is 7.13. The molecule has 0 unspecified atom stereocenters. The molecule has 0 fully saturated rings. The molecule has 6 heteroatoms. The molecule has 0 aliphatic carbocycles. The van der Waals surface area contributed by atoms with Crippen molar-refractivity contribution in [2.75, 3.05) is 6.54 Å². The van der Waals surface area contributed by atoms with E-state index in [0.717, 1.165) is 22.7 Å². The smallest absolute Gasteiger partial charge is 0.168 e. The van der Waals surface area contributed by atoms with E-state index in [-0.39, 0.29) is 0 Å². The summed E-state index contributed by atoms with van der Waals surface area (Å²) in [6.45, 7) is 1.37. The molecule has 0 radical (unpaired) electrons. The summed E-state index contributed by atoms with van der Waals surface area (Å²) >= 11 is 11.7. The van der Waals surface area contributed by atoms with E-state index in [2.05, 4.69) is 15.5 Å². The van der Waals surface area contributed by atoms with Crippen molar-refractivity contribution >= 4 is 35.3 Å². The highest BCUT2D eigenvalue weighted by molar-refractivity contribution is 6.30. The monoisotopic (exact) mass is 349 g/mol. The molecule has 2 aromatic rings. The second-order valence-corrected chi connectivity index (χ2v) is 5.75. The van der Waals surface area contributed by atoms with Crippen molar-refractivity contribution in [1.29, 1.82) is 0 Å². The third-order valence-electron chi connectivity index (χ3n) is 3.12. The predicted molar refractivity (Wildman–Crippen MR) is 96.0 cm³/mol. The molecular formula is C17H17Cl2N3O. The van der Waals surface area contributed by atoms with Gasteiger partial charge in [-0.25, -0.2) is 4.99 Å². The molecule has 2 aromatic carbocycles. The second kappa shape index (κ2) is 9.30. The Balaban J connectivity index is 1.76. The SMILES string of the molecule is O/N=C(/CCNCc1ccc(Cl)cc1)N=Cc1ccc(Cl)cc1. The largest absolute Gasteiger partial charge is 0.409 e. The molecule has 120 valence electrons. The third-order valence-corrected chi connectivity index (χ3v) is 3.62. The molecule has 0 aliphatic rings. The Hall–Kier alpha value is -1.88. The number of hydrogen-bond donors (Lipinski definition) is 2. The average molecular weight is 350 g/mol. The fraction of sp³-hybridized carbons (Fsp3) is 0.176. The van der Waals surface area contributed by atoms with E-state index in [1.54, 1.807) is 18.3 Å². The van der Waals surface area contributed by atoms with Crippen molar-refractivity contribution in [1.82, 2.24) is 5.32 Å². The van der Waals surface area contributed by atoms with E-state index in [1.165, 1.54) is 0 Å². The third kappa shape index (κ3) is 6.40. The summed E-state index contributed by atoms with van der Waals surface area (Å²) in [5.74, 6) is 0.364. The zero-order chi connectivity index (χ0) is 16.5. The Bertz CT molecular complexity index is 667. The van der Waals surface area contributed by atoms with Gasteiger partial charge in [-0.2, -0.15) is 0 Å². The summed E-state index contributed by atoms with van der Waals surface area (Å²) in [7, 11) is 0. The summed E-state index contributed by atoms with van der Waals surface area (Å²) in [6, 6.07) is 14.9. The lowest BCUT2D eigenvalue weighted by atomic mass is 10.2. The highest BCUT2D eigenvalue weighted by atomic mass is 35.5. The Labute approximate surface area is 145 Å². The molecule has 0 spiro atoms. The second-order valence-electron chi connectivity index (χ2n) is 4.88. The van der Waals surface area contributed by atoms with Crippen LogP contribution < -0.4 is 5.32 Å². The molecule has 4 nitrogen and oxygen atoms in total. The normalized spacial score (nSPS) is 12.0. The van der Waals surface area contributed by atoms with Crippen LogP contribution in [-0.4, -0.2) is 23.8 Å². The number of benzene rings is 2. The molecule has 0 aromatic heterocycles. The number of halogens is 2. The molecule has 2 rings (SSSR count). The molecular weight excluding hydrogens is 333 g/mol. The highest BCUT2D eigenvalue weighted by Crippen LogP contribution is 2.09. The van der Waals surface area contributed by atoms with Crippen molar-refractivity contribution in [2.24, 2.45) is 10.1 Å². The Morgan fingerprint density at radius 2 is 1.61 bits per heavy atom. The fourth-order valence-corrected chi connectivity index (χ4v) is 2.13. The molecule has 0 saturated heterocycles. The van der Waals surface area contributed by atoms with Crippen molar-refractivity contribution in [3.8, 4) is 0 Å². The highest BCUT2D eigenvalue weighted by Gasteiger charge is 1.98. The first-order valence-corrected chi connectivity index (χ1v) is 7.88. The van der Waals surface area contributed by atoms with Crippen LogP contribution in [-0.2, 0) is 6.54 Å². The maximum atomic E-state index is 9.01. The molecule has 0 aliphatic heterocycles.